The lowest BCUT2D eigenvalue weighted by molar-refractivity contribution is 0.111. The summed E-state index contributed by atoms with van der Waals surface area (Å²) in [7, 11) is 0. The molecule has 0 unspecified atom stereocenters. The number of nitrogens with zero attached hydrogens (tertiary/aromatic N) is 1. The zero-order valence-electron chi connectivity index (χ0n) is 12.1. The Bertz CT molecular complexity index is 809. The van der Waals surface area contributed by atoms with Gasteiger partial charge in [0.15, 0.2) is 0 Å². The number of hydrogen-bond acceptors (Lipinski definition) is 2. The largest absolute Gasteiger partial charge is 0.376 e. The summed E-state index contributed by atoms with van der Waals surface area (Å²) in [5, 5.41) is 1.29. The van der Waals surface area contributed by atoms with Gasteiger partial charge < -0.3 is 4.74 Å². The third-order valence-corrected chi connectivity index (χ3v) is 4.15. The molecule has 2 heteroatoms. The van der Waals surface area contributed by atoms with Gasteiger partial charge in [-0.15, -0.1) is 0 Å². The van der Waals surface area contributed by atoms with Crippen LogP contribution in [0, 0.1) is 6.92 Å². The quantitative estimate of drug-likeness (QED) is 0.661. The van der Waals surface area contributed by atoms with Gasteiger partial charge in [-0.2, -0.15) is 0 Å². The summed E-state index contributed by atoms with van der Waals surface area (Å²) in [6, 6.07) is 16.9. The average Bonchev–Trinajstić information content (AvgIpc) is 2.55. The maximum absolute atomic E-state index is 5.70. The summed E-state index contributed by atoms with van der Waals surface area (Å²) in [5.41, 5.74) is 7.27. The van der Waals surface area contributed by atoms with Crippen LogP contribution in [0.25, 0.3) is 22.2 Å². The molecule has 2 aromatic carbocycles. The predicted octanol–water partition coefficient (Wildman–Crippen LogP) is 4.28. The Labute approximate surface area is 124 Å². The van der Waals surface area contributed by atoms with E-state index in [1.807, 2.05) is 6.07 Å². The second kappa shape index (κ2) is 4.97. The van der Waals surface area contributed by atoms with Crippen LogP contribution in [0.1, 0.15) is 16.7 Å². The molecule has 3 aromatic rings. The highest BCUT2D eigenvalue weighted by atomic mass is 16.5. The maximum atomic E-state index is 5.70. The Morgan fingerprint density at radius 2 is 1.86 bits per heavy atom. The van der Waals surface area contributed by atoms with E-state index in [1.54, 1.807) is 0 Å². The average molecular weight is 275 g/mol. The Kier molecular flexibility index (Phi) is 2.97. The molecule has 1 aliphatic heterocycles. The summed E-state index contributed by atoms with van der Waals surface area (Å²) >= 11 is 0. The molecule has 0 N–H and O–H groups in total. The van der Waals surface area contributed by atoms with Crippen LogP contribution in [0.5, 0.6) is 0 Å². The predicted molar refractivity (Wildman–Crippen MR) is 85.3 cm³/mol. The van der Waals surface area contributed by atoms with E-state index in [4.69, 9.17) is 9.72 Å². The molecular weight excluding hydrogens is 258 g/mol. The second-order valence-corrected chi connectivity index (χ2v) is 5.61. The van der Waals surface area contributed by atoms with Crippen LogP contribution in [0.3, 0.4) is 0 Å². The van der Waals surface area contributed by atoms with Crippen molar-refractivity contribution in [3.8, 4) is 11.3 Å². The van der Waals surface area contributed by atoms with Crippen molar-refractivity contribution in [2.75, 3.05) is 6.61 Å². The van der Waals surface area contributed by atoms with Crippen LogP contribution in [-0.4, -0.2) is 11.6 Å². The molecule has 1 aromatic heterocycles. The molecule has 2 heterocycles. The topological polar surface area (TPSA) is 22.1 Å². The number of rotatable bonds is 1. The number of aryl methyl sites for hydroxylation is 1. The molecule has 0 bridgehead atoms. The Morgan fingerprint density at radius 3 is 2.71 bits per heavy atom. The molecule has 0 fully saturated rings. The van der Waals surface area contributed by atoms with Gasteiger partial charge in [0.25, 0.3) is 0 Å². The number of hydrogen-bond donors (Lipinski definition) is 0. The molecule has 0 radical (unpaired) electrons. The van der Waals surface area contributed by atoms with Crippen molar-refractivity contribution in [3.63, 3.8) is 0 Å². The molecule has 0 saturated carbocycles. The SMILES string of the molecule is Cc1ccc2nc(-c3ccccc3)c3c(c2c1)CCOC3. The third-order valence-electron chi connectivity index (χ3n) is 4.15. The van der Waals surface area contributed by atoms with E-state index in [0.717, 1.165) is 24.2 Å². The highest BCUT2D eigenvalue weighted by molar-refractivity contribution is 5.88. The van der Waals surface area contributed by atoms with Gasteiger partial charge in [0.1, 0.15) is 0 Å². The van der Waals surface area contributed by atoms with Crippen molar-refractivity contribution in [1.82, 2.24) is 4.98 Å². The minimum atomic E-state index is 0.663. The molecule has 0 amide bonds. The van der Waals surface area contributed by atoms with E-state index in [9.17, 15) is 0 Å². The molecule has 2 nitrogen and oxygen atoms in total. The summed E-state index contributed by atoms with van der Waals surface area (Å²) in [4.78, 5) is 4.92. The molecule has 104 valence electrons. The lowest BCUT2D eigenvalue weighted by Gasteiger charge is -2.22. The van der Waals surface area contributed by atoms with Crippen molar-refractivity contribution in [2.45, 2.75) is 20.0 Å². The zero-order valence-corrected chi connectivity index (χ0v) is 12.1. The summed E-state index contributed by atoms with van der Waals surface area (Å²) in [6.07, 6.45) is 0.970. The zero-order chi connectivity index (χ0) is 14.2. The van der Waals surface area contributed by atoms with Crippen LogP contribution in [0.15, 0.2) is 48.5 Å². The second-order valence-electron chi connectivity index (χ2n) is 5.61. The fourth-order valence-corrected chi connectivity index (χ4v) is 3.11. The summed E-state index contributed by atoms with van der Waals surface area (Å²) in [6.45, 7) is 3.60. The first-order chi connectivity index (χ1) is 10.3. The molecular formula is C19H17NO. The van der Waals surface area contributed by atoms with Crippen LogP contribution < -0.4 is 0 Å². The van der Waals surface area contributed by atoms with Crippen molar-refractivity contribution >= 4 is 10.9 Å². The standard InChI is InChI=1S/C19H17NO/c1-13-7-8-18-16(11-13)15-9-10-21-12-17(15)19(20-18)14-5-3-2-4-6-14/h2-8,11H,9-10,12H2,1H3. The molecule has 0 saturated heterocycles. The van der Waals surface area contributed by atoms with Gasteiger partial charge >= 0.3 is 0 Å². The first-order valence-corrected chi connectivity index (χ1v) is 7.38. The first kappa shape index (κ1) is 12.5. The van der Waals surface area contributed by atoms with Crippen LogP contribution in [0.2, 0.25) is 0 Å². The van der Waals surface area contributed by atoms with E-state index in [-0.39, 0.29) is 0 Å². The smallest absolute Gasteiger partial charge is 0.0767 e. The fraction of sp³-hybridized carbons (Fsp3) is 0.211. The lowest BCUT2D eigenvalue weighted by Crippen LogP contribution is -2.13. The minimum absolute atomic E-state index is 0.663. The Balaban J connectivity index is 2.06. The van der Waals surface area contributed by atoms with Gasteiger partial charge in [0, 0.05) is 16.5 Å². The van der Waals surface area contributed by atoms with Gasteiger partial charge in [-0.25, -0.2) is 4.98 Å². The number of benzene rings is 2. The normalized spacial score (nSPS) is 14.1. The van der Waals surface area contributed by atoms with Gasteiger partial charge in [0.05, 0.1) is 24.4 Å². The van der Waals surface area contributed by atoms with Gasteiger partial charge in [-0.3, -0.25) is 0 Å². The summed E-state index contributed by atoms with van der Waals surface area (Å²) in [5.74, 6) is 0. The van der Waals surface area contributed by atoms with Gasteiger partial charge in [-0.05, 0) is 31.0 Å². The van der Waals surface area contributed by atoms with E-state index in [1.165, 1.54) is 27.6 Å². The molecule has 0 spiro atoms. The molecule has 21 heavy (non-hydrogen) atoms. The number of ether oxygens (including phenoxy) is 1. The molecule has 1 aliphatic rings. The Hall–Kier alpha value is -2.19. The lowest BCUT2D eigenvalue weighted by atomic mass is 9.93. The number of fused-ring (bicyclic) bond motifs is 3. The highest BCUT2D eigenvalue weighted by Gasteiger charge is 2.19. The number of aromatic nitrogens is 1. The fourth-order valence-electron chi connectivity index (χ4n) is 3.11. The maximum Gasteiger partial charge on any atom is 0.0767 e. The highest BCUT2D eigenvalue weighted by Crippen LogP contribution is 2.33. The Morgan fingerprint density at radius 1 is 1.00 bits per heavy atom. The number of pyridine rings is 1. The van der Waals surface area contributed by atoms with Crippen molar-refractivity contribution in [3.05, 3.63) is 65.2 Å². The van der Waals surface area contributed by atoms with Gasteiger partial charge in [-0.1, -0.05) is 42.0 Å². The van der Waals surface area contributed by atoms with Crippen molar-refractivity contribution in [2.24, 2.45) is 0 Å². The summed E-state index contributed by atoms with van der Waals surface area (Å²) < 4.78 is 5.70. The minimum Gasteiger partial charge on any atom is -0.376 e. The molecule has 0 aliphatic carbocycles. The van der Waals surface area contributed by atoms with E-state index >= 15 is 0 Å². The molecule has 0 atom stereocenters. The van der Waals surface area contributed by atoms with E-state index in [2.05, 4.69) is 49.4 Å². The van der Waals surface area contributed by atoms with Gasteiger partial charge in [0.2, 0.25) is 0 Å². The first-order valence-electron chi connectivity index (χ1n) is 7.38. The van der Waals surface area contributed by atoms with E-state index < -0.39 is 0 Å². The van der Waals surface area contributed by atoms with Crippen LogP contribution in [0.4, 0.5) is 0 Å². The van der Waals surface area contributed by atoms with Crippen LogP contribution in [-0.2, 0) is 17.8 Å². The van der Waals surface area contributed by atoms with Crippen molar-refractivity contribution in [1.29, 1.82) is 0 Å². The van der Waals surface area contributed by atoms with Crippen LogP contribution >= 0.6 is 0 Å². The van der Waals surface area contributed by atoms with E-state index in [0.29, 0.717) is 6.61 Å². The third kappa shape index (κ3) is 2.12. The van der Waals surface area contributed by atoms with Crippen molar-refractivity contribution < 1.29 is 4.74 Å². The monoisotopic (exact) mass is 275 g/mol. The molecule has 4 rings (SSSR count).